The molecular formula is C15H10Cl3NO2. The maximum Gasteiger partial charge on any atom is 0.186 e. The summed E-state index contributed by atoms with van der Waals surface area (Å²) in [7, 11) is 0. The van der Waals surface area contributed by atoms with Gasteiger partial charge in [-0.1, -0.05) is 34.8 Å². The van der Waals surface area contributed by atoms with E-state index >= 15 is 0 Å². The Balaban J connectivity index is 2.23. The first-order chi connectivity index (χ1) is 9.90. The largest absolute Gasteiger partial charge is 0.360 e. The van der Waals surface area contributed by atoms with Crippen molar-refractivity contribution in [2.45, 2.75) is 6.92 Å². The fraction of sp³-hybridized carbons (Fsp3) is 0.0667. The van der Waals surface area contributed by atoms with Gasteiger partial charge >= 0.3 is 0 Å². The molecule has 0 fully saturated rings. The third-order valence-corrected chi connectivity index (χ3v) is 4.07. The molecule has 0 aliphatic heterocycles. The summed E-state index contributed by atoms with van der Waals surface area (Å²) in [5.74, 6) is -0.464. The number of hydrogen-bond donors (Lipinski definition) is 1. The SMILES string of the molecule is Cc1c(Cl)cc(Cl)c(Cl)c1NC=CC1=CC(=O)C=CC1=O. The number of allylic oxidation sites excluding steroid dienone is 5. The highest BCUT2D eigenvalue weighted by Gasteiger charge is 2.12. The molecule has 3 nitrogen and oxygen atoms in total. The van der Waals surface area contributed by atoms with Crippen molar-refractivity contribution in [2.24, 2.45) is 0 Å². The summed E-state index contributed by atoms with van der Waals surface area (Å²) in [6.45, 7) is 1.79. The van der Waals surface area contributed by atoms with E-state index in [-0.39, 0.29) is 17.1 Å². The van der Waals surface area contributed by atoms with Crippen molar-refractivity contribution < 1.29 is 9.59 Å². The quantitative estimate of drug-likeness (QED) is 0.649. The first-order valence-electron chi connectivity index (χ1n) is 5.95. The predicted molar refractivity (Wildman–Crippen MR) is 86.2 cm³/mol. The summed E-state index contributed by atoms with van der Waals surface area (Å²) in [6, 6.07) is 1.56. The van der Waals surface area contributed by atoms with Gasteiger partial charge in [-0.3, -0.25) is 9.59 Å². The highest BCUT2D eigenvalue weighted by atomic mass is 35.5. The monoisotopic (exact) mass is 341 g/mol. The molecule has 0 aromatic heterocycles. The third-order valence-electron chi connectivity index (χ3n) is 2.89. The second-order valence-corrected chi connectivity index (χ2v) is 5.52. The highest BCUT2D eigenvalue weighted by molar-refractivity contribution is 6.45. The zero-order valence-corrected chi connectivity index (χ0v) is 13.2. The maximum atomic E-state index is 11.6. The van der Waals surface area contributed by atoms with E-state index < -0.39 is 0 Å². The molecule has 0 heterocycles. The molecule has 1 N–H and O–H groups in total. The van der Waals surface area contributed by atoms with Gasteiger partial charge < -0.3 is 5.32 Å². The van der Waals surface area contributed by atoms with Crippen LogP contribution in [0.2, 0.25) is 15.1 Å². The summed E-state index contributed by atoms with van der Waals surface area (Å²) in [5.41, 5.74) is 1.57. The molecule has 0 spiro atoms. The lowest BCUT2D eigenvalue weighted by atomic mass is 10.0. The molecule has 108 valence electrons. The molecule has 0 radical (unpaired) electrons. The fourth-order valence-electron chi connectivity index (χ4n) is 1.73. The van der Waals surface area contributed by atoms with E-state index in [2.05, 4.69) is 5.32 Å². The molecule has 0 unspecified atom stereocenters. The number of rotatable bonds is 3. The maximum absolute atomic E-state index is 11.6. The number of ketones is 2. The van der Waals surface area contributed by atoms with Crippen LogP contribution in [0.5, 0.6) is 0 Å². The number of halogens is 3. The molecular weight excluding hydrogens is 333 g/mol. The van der Waals surface area contributed by atoms with E-state index in [1.54, 1.807) is 13.0 Å². The van der Waals surface area contributed by atoms with Crippen molar-refractivity contribution in [1.82, 2.24) is 0 Å². The summed E-state index contributed by atoms with van der Waals surface area (Å²) in [6.07, 6.45) is 6.73. The summed E-state index contributed by atoms with van der Waals surface area (Å²) < 4.78 is 0. The molecule has 0 atom stereocenters. The first kappa shape index (κ1) is 15.8. The van der Waals surface area contributed by atoms with Gasteiger partial charge in [0, 0.05) is 16.8 Å². The van der Waals surface area contributed by atoms with Gasteiger partial charge in [-0.25, -0.2) is 0 Å². The molecule has 1 aromatic rings. The Kier molecular flexibility index (Phi) is 4.88. The van der Waals surface area contributed by atoms with Gasteiger partial charge in [0.25, 0.3) is 0 Å². The number of nitrogens with one attached hydrogen (secondary N) is 1. The molecule has 0 amide bonds. The van der Waals surface area contributed by atoms with Crippen LogP contribution in [-0.4, -0.2) is 11.6 Å². The molecule has 2 rings (SSSR count). The van der Waals surface area contributed by atoms with E-state index in [1.165, 1.54) is 30.5 Å². The summed E-state index contributed by atoms with van der Waals surface area (Å²) in [4.78, 5) is 22.8. The lowest BCUT2D eigenvalue weighted by Gasteiger charge is -2.11. The van der Waals surface area contributed by atoms with Gasteiger partial charge in [0.15, 0.2) is 11.6 Å². The normalized spacial score (nSPS) is 14.8. The Morgan fingerprint density at radius 3 is 2.52 bits per heavy atom. The van der Waals surface area contributed by atoms with Crippen molar-refractivity contribution in [3.05, 3.63) is 62.8 Å². The second-order valence-electron chi connectivity index (χ2n) is 4.33. The first-order valence-corrected chi connectivity index (χ1v) is 7.09. The van der Waals surface area contributed by atoms with Crippen molar-refractivity contribution in [3.8, 4) is 0 Å². The number of hydrogen-bond acceptors (Lipinski definition) is 3. The van der Waals surface area contributed by atoms with Crippen LogP contribution >= 0.6 is 34.8 Å². The molecule has 6 heteroatoms. The summed E-state index contributed by atoms with van der Waals surface area (Å²) in [5, 5.41) is 4.08. The molecule has 1 aliphatic rings. The van der Waals surface area contributed by atoms with Gasteiger partial charge in [-0.2, -0.15) is 0 Å². The zero-order chi connectivity index (χ0) is 15.6. The zero-order valence-electron chi connectivity index (χ0n) is 10.9. The van der Waals surface area contributed by atoms with Gasteiger partial charge in [0.1, 0.15) is 0 Å². The highest BCUT2D eigenvalue weighted by Crippen LogP contribution is 2.37. The Labute approximate surface area is 136 Å². The van der Waals surface area contributed by atoms with Gasteiger partial charge in [0.2, 0.25) is 0 Å². The fourth-order valence-corrected chi connectivity index (χ4v) is 2.44. The predicted octanol–water partition coefficient (Wildman–Crippen LogP) is 4.52. The Morgan fingerprint density at radius 2 is 1.81 bits per heavy atom. The Hall–Kier alpha value is -1.55. The van der Waals surface area contributed by atoms with Crippen LogP contribution in [0.25, 0.3) is 0 Å². The molecule has 0 saturated heterocycles. The van der Waals surface area contributed by atoms with Crippen LogP contribution in [-0.2, 0) is 9.59 Å². The number of benzene rings is 1. The van der Waals surface area contributed by atoms with Crippen molar-refractivity contribution >= 4 is 52.1 Å². The van der Waals surface area contributed by atoms with Crippen LogP contribution in [0.15, 0.2) is 42.1 Å². The van der Waals surface area contributed by atoms with E-state index in [0.717, 1.165) is 5.56 Å². The molecule has 21 heavy (non-hydrogen) atoms. The smallest absolute Gasteiger partial charge is 0.186 e. The van der Waals surface area contributed by atoms with Crippen LogP contribution in [0.4, 0.5) is 5.69 Å². The van der Waals surface area contributed by atoms with Crippen LogP contribution in [0.3, 0.4) is 0 Å². The molecule has 0 bridgehead atoms. The number of anilines is 1. The number of carbonyl (C=O) groups excluding carboxylic acids is 2. The standard InChI is InChI=1S/C15H10Cl3NO2/c1-8-11(16)7-12(17)14(18)15(8)19-5-4-9-6-10(20)2-3-13(9)21/h2-7,19H,1H3. The molecule has 1 aliphatic carbocycles. The van der Waals surface area contributed by atoms with Crippen LogP contribution < -0.4 is 5.32 Å². The van der Waals surface area contributed by atoms with Gasteiger partial charge in [0.05, 0.1) is 15.7 Å². The van der Waals surface area contributed by atoms with E-state index in [9.17, 15) is 9.59 Å². The minimum absolute atomic E-state index is 0.228. The van der Waals surface area contributed by atoms with Crippen molar-refractivity contribution in [2.75, 3.05) is 5.32 Å². The topological polar surface area (TPSA) is 46.2 Å². The van der Waals surface area contributed by atoms with Gasteiger partial charge in [-0.15, -0.1) is 0 Å². The molecule has 0 saturated carbocycles. The number of carbonyl (C=O) groups is 2. The van der Waals surface area contributed by atoms with Crippen molar-refractivity contribution in [1.29, 1.82) is 0 Å². The minimum Gasteiger partial charge on any atom is -0.360 e. The van der Waals surface area contributed by atoms with Crippen LogP contribution in [0.1, 0.15) is 5.56 Å². The summed E-state index contributed by atoms with van der Waals surface area (Å²) >= 11 is 18.1. The minimum atomic E-state index is -0.236. The van der Waals surface area contributed by atoms with Gasteiger partial charge in [-0.05, 0) is 42.9 Å². The molecule has 1 aromatic carbocycles. The Morgan fingerprint density at radius 1 is 1.10 bits per heavy atom. The van der Waals surface area contributed by atoms with E-state index in [4.69, 9.17) is 34.8 Å². The Bertz CT molecular complexity index is 692. The van der Waals surface area contributed by atoms with E-state index in [1.807, 2.05) is 0 Å². The lowest BCUT2D eigenvalue weighted by Crippen LogP contribution is -2.06. The average Bonchev–Trinajstić information content (AvgIpc) is 2.44. The lowest BCUT2D eigenvalue weighted by molar-refractivity contribution is -0.114. The van der Waals surface area contributed by atoms with Crippen molar-refractivity contribution in [3.63, 3.8) is 0 Å². The third kappa shape index (κ3) is 3.56. The van der Waals surface area contributed by atoms with Crippen LogP contribution in [0, 0.1) is 6.92 Å². The van der Waals surface area contributed by atoms with E-state index in [0.29, 0.717) is 20.8 Å². The second kappa shape index (κ2) is 6.48. The average molecular weight is 343 g/mol.